The summed E-state index contributed by atoms with van der Waals surface area (Å²) in [5.74, 6) is 0.642. The van der Waals surface area contributed by atoms with Crippen LogP contribution in [-0.4, -0.2) is 28.6 Å². The van der Waals surface area contributed by atoms with Crippen molar-refractivity contribution in [1.29, 1.82) is 0 Å². The number of aromatic nitrogens is 2. The third kappa shape index (κ3) is 2.76. The molecular formula is C9H14N4O2. The molecule has 1 amide bonds. The molecule has 2 heterocycles. The Balaban J connectivity index is 1.84. The minimum atomic E-state index is -0.133. The quantitative estimate of drug-likeness (QED) is 0.724. The van der Waals surface area contributed by atoms with Gasteiger partial charge in [-0.3, -0.25) is 10.1 Å². The van der Waals surface area contributed by atoms with Crippen LogP contribution in [0, 0.1) is 0 Å². The molecule has 0 aliphatic carbocycles. The molecule has 1 unspecified atom stereocenters. The first-order chi connectivity index (χ1) is 7.36. The van der Waals surface area contributed by atoms with Crippen molar-refractivity contribution in [1.82, 2.24) is 20.8 Å². The molecule has 1 fully saturated rings. The zero-order valence-electron chi connectivity index (χ0n) is 8.40. The van der Waals surface area contributed by atoms with E-state index in [9.17, 15) is 4.79 Å². The normalized spacial score (nSPS) is 22.1. The molecule has 1 aliphatic heterocycles. The Bertz CT molecular complexity index is 312. The highest BCUT2D eigenvalue weighted by molar-refractivity contribution is 5.81. The molecule has 6 heteroatoms. The van der Waals surface area contributed by atoms with E-state index in [1.165, 1.54) is 6.39 Å². The maximum absolute atomic E-state index is 11.5. The van der Waals surface area contributed by atoms with Crippen molar-refractivity contribution in [2.45, 2.75) is 31.8 Å². The molecule has 2 N–H and O–H groups in total. The minimum Gasteiger partial charge on any atom is -0.355 e. The number of rotatable bonds is 3. The fourth-order valence-corrected chi connectivity index (χ4v) is 1.62. The van der Waals surface area contributed by atoms with Gasteiger partial charge in [-0.2, -0.15) is 4.98 Å². The molecule has 0 radical (unpaired) electrons. The van der Waals surface area contributed by atoms with Gasteiger partial charge in [-0.15, -0.1) is 0 Å². The summed E-state index contributed by atoms with van der Waals surface area (Å²) >= 11 is 0. The number of carbonyl (C=O) groups excluding carboxylic acids is 1. The largest absolute Gasteiger partial charge is 0.355 e. The lowest BCUT2D eigenvalue weighted by atomic mass is 10.1. The second-order valence-electron chi connectivity index (χ2n) is 3.57. The lowest BCUT2D eigenvalue weighted by Gasteiger charge is -2.13. The van der Waals surface area contributed by atoms with Gasteiger partial charge in [-0.1, -0.05) is 5.16 Å². The molecule has 0 aromatic carbocycles. The smallest absolute Gasteiger partial charge is 0.237 e. The van der Waals surface area contributed by atoms with Crippen molar-refractivity contribution in [3.05, 3.63) is 12.2 Å². The van der Waals surface area contributed by atoms with Crippen LogP contribution in [0.2, 0.25) is 0 Å². The fraction of sp³-hybridized carbons (Fsp3) is 0.667. The Hall–Kier alpha value is -1.43. The van der Waals surface area contributed by atoms with Gasteiger partial charge in [0.2, 0.25) is 12.3 Å². The number of hydrogen-bond acceptors (Lipinski definition) is 5. The maximum atomic E-state index is 11.5. The summed E-state index contributed by atoms with van der Waals surface area (Å²) in [6.45, 7) is 1.24. The van der Waals surface area contributed by atoms with Gasteiger partial charge in [0, 0.05) is 6.54 Å². The summed E-state index contributed by atoms with van der Waals surface area (Å²) in [5, 5.41) is 9.64. The van der Waals surface area contributed by atoms with E-state index in [-0.39, 0.29) is 11.9 Å². The number of amides is 1. The molecular weight excluding hydrogens is 196 g/mol. The second kappa shape index (κ2) is 4.88. The lowest BCUT2D eigenvalue weighted by molar-refractivity contribution is -0.122. The van der Waals surface area contributed by atoms with Crippen molar-refractivity contribution < 1.29 is 9.32 Å². The van der Waals surface area contributed by atoms with Crippen molar-refractivity contribution >= 4 is 5.91 Å². The Morgan fingerprint density at radius 3 is 3.33 bits per heavy atom. The third-order valence-electron chi connectivity index (χ3n) is 2.45. The first-order valence-corrected chi connectivity index (χ1v) is 5.12. The molecule has 6 nitrogen and oxygen atoms in total. The molecule has 1 aromatic rings. The highest BCUT2D eigenvalue weighted by Crippen LogP contribution is 2.05. The summed E-state index contributed by atoms with van der Waals surface area (Å²) in [4.78, 5) is 15.4. The van der Waals surface area contributed by atoms with Crippen molar-refractivity contribution in [3.8, 4) is 0 Å². The number of carbonyl (C=O) groups is 1. The molecule has 82 valence electrons. The van der Waals surface area contributed by atoms with Crippen LogP contribution in [0.1, 0.15) is 25.1 Å². The van der Waals surface area contributed by atoms with Crippen LogP contribution in [0.4, 0.5) is 0 Å². The molecule has 1 aromatic heterocycles. The summed E-state index contributed by atoms with van der Waals surface area (Å²) in [7, 11) is 0. The maximum Gasteiger partial charge on any atom is 0.237 e. The molecule has 15 heavy (non-hydrogen) atoms. The van der Waals surface area contributed by atoms with E-state index < -0.39 is 0 Å². The van der Waals surface area contributed by atoms with Crippen LogP contribution in [-0.2, 0) is 11.3 Å². The van der Waals surface area contributed by atoms with Crippen LogP contribution in [0.3, 0.4) is 0 Å². The number of nitrogens with one attached hydrogen (secondary N) is 2. The summed E-state index contributed by atoms with van der Waals surface area (Å²) in [6.07, 6.45) is 4.25. The number of hydrogen-bond donors (Lipinski definition) is 2. The van der Waals surface area contributed by atoms with E-state index in [0.717, 1.165) is 25.8 Å². The summed E-state index contributed by atoms with van der Waals surface area (Å²) in [5.41, 5.74) is 0. The van der Waals surface area contributed by atoms with E-state index in [0.29, 0.717) is 12.4 Å². The summed E-state index contributed by atoms with van der Waals surface area (Å²) < 4.78 is 4.60. The molecule has 2 rings (SSSR count). The standard InChI is InChI=1S/C9H14N4O2/c14-9-7(3-1-2-4-10-9)11-5-8-12-6-15-13-8/h6-7,11H,1-5H2,(H,10,14). The second-order valence-corrected chi connectivity index (χ2v) is 3.57. The van der Waals surface area contributed by atoms with Crippen molar-refractivity contribution in [2.75, 3.05) is 6.54 Å². The Labute approximate surface area is 87.4 Å². The molecule has 1 aliphatic rings. The average molecular weight is 210 g/mol. The van der Waals surface area contributed by atoms with Crippen molar-refractivity contribution in [3.63, 3.8) is 0 Å². The lowest BCUT2D eigenvalue weighted by Crippen LogP contribution is -2.42. The van der Waals surface area contributed by atoms with Gasteiger partial charge in [0.25, 0.3) is 0 Å². The van der Waals surface area contributed by atoms with Gasteiger partial charge in [-0.05, 0) is 19.3 Å². The van der Waals surface area contributed by atoms with E-state index in [2.05, 4.69) is 25.3 Å². The molecule has 1 atom stereocenters. The molecule has 0 bridgehead atoms. The first kappa shape index (κ1) is 10.1. The van der Waals surface area contributed by atoms with Crippen molar-refractivity contribution in [2.24, 2.45) is 0 Å². The van der Waals surface area contributed by atoms with Gasteiger partial charge in [0.05, 0.1) is 12.6 Å². The Morgan fingerprint density at radius 2 is 2.53 bits per heavy atom. The molecule has 0 saturated carbocycles. The number of nitrogens with zero attached hydrogens (tertiary/aromatic N) is 2. The average Bonchev–Trinajstić information content (AvgIpc) is 2.67. The SMILES string of the molecule is O=C1NCCCCC1NCc1ncon1. The minimum absolute atomic E-state index is 0.0657. The van der Waals surface area contributed by atoms with Gasteiger partial charge in [0.15, 0.2) is 5.82 Å². The van der Waals surface area contributed by atoms with Gasteiger partial charge in [-0.25, -0.2) is 0 Å². The van der Waals surface area contributed by atoms with Gasteiger partial charge >= 0.3 is 0 Å². The molecule has 0 spiro atoms. The first-order valence-electron chi connectivity index (χ1n) is 5.12. The van der Waals surface area contributed by atoms with Crippen LogP contribution in [0.25, 0.3) is 0 Å². The Morgan fingerprint density at radius 1 is 1.60 bits per heavy atom. The van der Waals surface area contributed by atoms with E-state index in [4.69, 9.17) is 0 Å². The fourth-order valence-electron chi connectivity index (χ4n) is 1.62. The predicted molar refractivity (Wildman–Crippen MR) is 51.8 cm³/mol. The Kier molecular flexibility index (Phi) is 3.29. The zero-order chi connectivity index (χ0) is 10.5. The van der Waals surface area contributed by atoms with E-state index in [1.54, 1.807) is 0 Å². The van der Waals surface area contributed by atoms with Gasteiger partial charge in [0.1, 0.15) is 0 Å². The third-order valence-corrected chi connectivity index (χ3v) is 2.45. The predicted octanol–water partition coefficient (Wildman–Crippen LogP) is -0.172. The summed E-state index contributed by atoms with van der Waals surface area (Å²) in [6, 6.07) is -0.133. The van der Waals surface area contributed by atoms with Crippen LogP contribution >= 0.6 is 0 Å². The highest BCUT2D eigenvalue weighted by atomic mass is 16.5. The van der Waals surface area contributed by atoms with E-state index in [1.807, 2.05) is 0 Å². The van der Waals surface area contributed by atoms with Crippen LogP contribution < -0.4 is 10.6 Å². The topological polar surface area (TPSA) is 80.0 Å². The van der Waals surface area contributed by atoms with Gasteiger partial charge < -0.3 is 9.84 Å². The van der Waals surface area contributed by atoms with Crippen LogP contribution in [0.15, 0.2) is 10.9 Å². The van der Waals surface area contributed by atoms with E-state index >= 15 is 0 Å². The highest BCUT2D eigenvalue weighted by Gasteiger charge is 2.20. The zero-order valence-corrected chi connectivity index (χ0v) is 8.40. The van der Waals surface area contributed by atoms with Crippen LogP contribution in [0.5, 0.6) is 0 Å². The molecule has 1 saturated heterocycles. The monoisotopic (exact) mass is 210 g/mol.